The van der Waals surface area contributed by atoms with Crippen LogP contribution in [0.2, 0.25) is 5.02 Å². The predicted octanol–water partition coefficient (Wildman–Crippen LogP) is 6.46. The second-order valence-electron chi connectivity index (χ2n) is 8.74. The number of fused-ring (bicyclic) bond motifs is 1. The molecule has 0 unspecified atom stereocenters. The van der Waals surface area contributed by atoms with Gasteiger partial charge in [-0.15, -0.1) is 10.2 Å². The Morgan fingerprint density at radius 2 is 1.70 bits per heavy atom. The standard InChI is InChI=1S/C28H25ClN4O2S2/c1-19-7-5-8-21(15-19)18-36-28-32-31-27(33(28)25-16-23(29)14-13-20(25)2)17-30-37(34,35)26-12-6-10-22-9-3-4-11-24(22)26/h3-16,30H,17-18H2,1-2H3. The SMILES string of the molecule is Cc1cccc(CSc2nnc(CNS(=O)(=O)c3cccc4ccccc34)n2-c2cc(Cl)ccc2C)c1. The second kappa shape index (κ2) is 10.7. The summed E-state index contributed by atoms with van der Waals surface area (Å²) in [4.78, 5) is 0.227. The number of nitrogens with one attached hydrogen (secondary N) is 1. The van der Waals surface area contributed by atoms with Crippen molar-refractivity contribution >= 4 is 44.2 Å². The highest BCUT2D eigenvalue weighted by atomic mass is 35.5. The Bertz CT molecular complexity index is 1690. The first-order valence-corrected chi connectivity index (χ1v) is 14.5. The number of sulfonamides is 1. The molecule has 0 saturated carbocycles. The third-order valence-corrected chi connectivity index (χ3v) is 8.72. The molecule has 5 aromatic rings. The van der Waals surface area contributed by atoms with E-state index in [0.29, 0.717) is 27.1 Å². The zero-order valence-corrected chi connectivity index (χ0v) is 22.7. The number of rotatable bonds is 8. The molecule has 0 aliphatic rings. The molecule has 0 atom stereocenters. The molecule has 37 heavy (non-hydrogen) atoms. The molecule has 0 aliphatic carbocycles. The maximum Gasteiger partial charge on any atom is 0.241 e. The maximum atomic E-state index is 13.3. The molecule has 188 valence electrons. The lowest BCUT2D eigenvalue weighted by molar-refractivity contribution is 0.579. The van der Waals surface area contributed by atoms with E-state index in [1.807, 2.05) is 66.1 Å². The Balaban J connectivity index is 1.48. The minimum absolute atomic E-state index is 0.0322. The van der Waals surface area contributed by atoms with Crippen molar-refractivity contribution in [3.63, 3.8) is 0 Å². The summed E-state index contributed by atoms with van der Waals surface area (Å²) in [6.07, 6.45) is 0. The zero-order chi connectivity index (χ0) is 26.0. The summed E-state index contributed by atoms with van der Waals surface area (Å²) < 4.78 is 31.3. The Kier molecular flexibility index (Phi) is 7.35. The normalized spacial score (nSPS) is 11.8. The first-order valence-electron chi connectivity index (χ1n) is 11.7. The number of hydrogen-bond acceptors (Lipinski definition) is 5. The average molecular weight is 549 g/mol. The fourth-order valence-electron chi connectivity index (χ4n) is 4.19. The highest BCUT2D eigenvalue weighted by molar-refractivity contribution is 7.98. The smallest absolute Gasteiger partial charge is 0.241 e. The van der Waals surface area contributed by atoms with Crippen molar-refractivity contribution in [1.82, 2.24) is 19.5 Å². The summed E-state index contributed by atoms with van der Waals surface area (Å²) in [5.74, 6) is 1.17. The molecular weight excluding hydrogens is 524 g/mol. The predicted molar refractivity (Wildman–Crippen MR) is 150 cm³/mol. The van der Waals surface area contributed by atoms with Gasteiger partial charge in [0.25, 0.3) is 0 Å². The van der Waals surface area contributed by atoms with Gasteiger partial charge in [-0.25, -0.2) is 13.1 Å². The molecule has 6 nitrogen and oxygen atoms in total. The fourth-order valence-corrected chi connectivity index (χ4v) is 6.47. The van der Waals surface area contributed by atoms with E-state index < -0.39 is 10.0 Å². The van der Waals surface area contributed by atoms with Gasteiger partial charge in [0.1, 0.15) is 0 Å². The topological polar surface area (TPSA) is 76.9 Å². The van der Waals surface area contributed by atoms with Crippen molar-refractivity contribution in [2.24, 2.45) is 0 Å². The van der Waals surface area contributed by atoms with Crippen molar-refractivity contribution in [2.75, 3.05) is 0 Å². The molecule has 1 N–H and O–H groups in total. The lowest BCUT2D eigenvalue weighted by Crippen LogP contribution is -2.25. The van der Waals surface area contributed by atoms with Crippen molar-refractivity contribution in [3.05, 3.63) is 112 Å². The number of hydrogen-bond donors (Lipinski definition) is 1. The summed E-state index contributed by atoms with van der Waals surface area (Å²) in [5.41, 5.74) is 4.14. The highest BCUT2D eigenvalue weighted by Gasteiger charge is 2.21. The monoisotopic (exact) mass is 548 g/mol. The van der Waals surface area contributed by atoms with Crippen LogP contribution >= 0.6 is 23.4 Å². The maximum absolute atomic E-state index is 13.3. The first-order chi connectivity index (χ1) is 17.8. The van der Waals surface area contributed by atoms with Gasteiger partial charge >= 0.3 is 0 Å². The van der Waals surface area contributed by atoms with Gasteiger partial charge in [-0.1, -0.05) is 95.7 Å². The molecule has 0 radical (unpaired) electrons. The fraction of sp³-hybridized carbons (Fsp3) is 0.143. The molecule has 0 bridgehead atoms. The van der Waals surface area contributed by atoms with Crippen LogP contribution in [0.1, 0.15) is 22.5 Å². The van der Waals surface area contributed by atoms with E-state index in [-0.39, 0.29) is 11.4 Å². The Morgan fingerprint density at radius 3 is 2.54 bits per heavy atom. The van der Waals surface area contributed by atoms with Crippen LogP contribution in [0.15, 0.2) is 95.0 Å². The van der Waals surface area contributed by atoms with Crippen LogP contribution in [0.25, 0.3) is 16.5 Å². The molecule has 0 amide bonds. The molecule has 0 aliphatic heterocycles. The van der Waals surface area contributed by atoms with Gasteiger partial charge in [0.15, 0.2) is 11.0 Å². The lowest BCUT2D eigenvalue weighted by atomic mass is 10.1. The molecule has 4 aromatic carbocycles. The van der Waals surface area contributed by atoms with E-state index in [1.165, 1.54) is 22.9 Å². The van der Waals surface area contributed by atoms with E-state index in [9.17, 15) is 8.42 Å². The van der Waals surface area contributed by atoms with Crippen LogP contribution < -0.4 is 4.72 Å². The van der Waals surface area contributed by atoms with Crippen molar-refractivity contribution < 1.29 is 8.42 Å². The van der Waals surface area contributed by atoms with E-state index in [0.717, 1.165) is 16.6 Å². The zero-order valence-electron chi connectivity index (χ0n) is 20.3. The largest absolute Gasteiger partial charge is 0.273 e. The van der Waals surface area contributed by atoms with E-state index in [2.05, 4.69) is 40.0 Å². The Hall–Kier alpha value is -3.17. The van der Waals surface area contributed by atoms with Crippen LogP contribution in [-0.4, -0.2) is 23.2 Å². The van der Waals surface area contributed by atoms with Gasteiger partial charge in [0.05, 0.1) is 17.1 Å². The molecule has 5 rings (SSSR count). The number of aryl methyl sites for hydroxylation is 2. The van der Waals surface area contributed by atoms with Crippen molar-refractivity contribution in [3.8, 4) is 5.69 Å². The van der Waals surface area contributed by atoms with Gasteiger partial charge in [-0.3, -0.25) is 4.57 Å². The minimum atomic E-state index is -3.82. The molecule has 0 spiro atoms. The van der Waals surface area contributed by atoms with E-state index in [4.69, 9.17) is 11.6 Å². The van der Waals surface area contributed by atoms with Gasteiger partial charge in [0, 0.05) is 16.2 Å². The number of nitrogens with zero attached hydrogens (tertiary/aromatic N) is 3. The third-order valence-electron chi connectivity index (χ3n) is 6.02. The minimum Gasteiger partial charge on any atom is -0.273 e. The number of halogens is 1. The quantitative estimate of drug-likeness (QED) is 0.225. The number of thioether (sulfide) groups is 1. The number of aromatic nitrogens is 3. The number of benzene rings is 4. The van der Waals surface area contributed by atoms with Crippen molar-refractivity contribution in [2.45, 2.75) is 36.2 Å². The van der Waals surface area contributed by atoms with Gasteiger partial charge in [-0.2, -0.15) is 0 Å². The van der Waals surface area contributed by atoms with Crippen LogP contribution in [-0.2, 0) is 22.3 Å². The third kappa shape index (κ3) is 5.57. The summed E-state index contributed by atoms with van der Waals surface area (Å²) in [7, 11) is -3.82. The summed E-state index contributed by atoms with van der Waals surface area (Å²) in [5, 5.41) is 11.6. The van der Waals surface area contributed by atoms with E-state index >= 15 is 0 Å². The summed E-state index contributed by atoms with van der Waals surface area (Å²) >= 11 is 7.88. The van der Waals surface area contributed by atoms with Crippen molar-refractivity contribution in [1.29, 1.82) is 0 Å². The van der Waals surface area contributed by atoms with Crippen LogP contribution in [0, 0.1) is 13.8 Å². The van der Waals surface area contributed by atoms with Gasteiger partial charge in [-0.05, 0) is 48.6 Å². The molecule has 0 saturated heterocycles. The van der Waals surface area contributed by atoms with E-state index in [1.54, 1.807) is 12.1 Å². The summed E-state index contributed by atoms with van der Waals surface area (Å²) in [6.45, 7) is 4.01. The van der Waals surface area contributed by atoms with Gasteiger partial charge < -0.3 is 0 Å². The molecule has 1 heterocycles. The molecule has 0 fully saturated rings. The molecule has 9 heteroatoms. The highest BCUT2D eigenvalue weighted by Crippen LogP contribution is 2.29. The summed E-state index contributed by atoms with van der Waals surface area (Å²) in [6, 6.07) is 26.6. The van der Waals surface area contributed by atoms with Gasteiger partial charge in [0.2, 0.25) is 10.0 Å². The van der Waals surface area contributed by atoms with Crippen LogP contribution in [0.4, 0.5) is 0 Å². The second-order valence-corrected chi connectivity index (χ2v) is 11.9. The van der Waals surface area contributed by atoms with Crippen LogP contribution in [0.3, 0.4) is 0 Å². The lowest BCUT2D eigenvalue weighted by Gasteiger charge is -2.14. The Labute approximate surface area is 225 Å². The average Bonchev–Trinajstić information content (AvgIpc) is 3.30. The molecular formula is C28H25ClN4O2S2. The molecule has 1 aromatic heterocycles. The first kappa shape index (κ1) is 25.5. The van der Waals surface area contributed by atoms with Crippen LogP contribution in [0.5, 0.6) is 0 Å². The Morgan fingerprint density at radius 1 is 0.919 bits per heavy atom.